The summed E-state index contributed by atoms with van der Waals surface area (Å²) in [7, 11) is 3.03. The van der Waals surface area contributed by atoms with Crippen molar-refractivity contribution in [2.45, 2.75) is 57.4 Å². The molecule has 4 aromatic rings. The second-order valence-corrected chi connectivity index (χ2v) is 10.3. The third-order valence-corrected chi connectivity index (χ3v) is 7.48. The number of hydrogen-bond acceptors (Lipinski definition) is 8. The smallest absolute Gasteiger partial charge is 0.434 e. The van der Waals surface area contributed by atoms with Gasteiger partial charge in [0.05, 0.1) is 49.7 Å². The third kappa shape index (κ3) is 5.90. The van der Waals surface area contributed by atoms with Gasteiger partial charge in [-0.2, -0.15) is 13.2 Å². The normalized spacial score (nSPS) is 14.8. The van der Waals surface area contributed by atoms with E-state index in [-0.39, 0.29) is 30.3 Å². The van der Waals surface area contributed by atoms with Crippen LogP contribution in [0.4, 0.5) is 23.4 Å². The molecular weight excluding hydrogens is 568 g/mol. The molecule has 0 aliphatic heterocycles. The Morgan fingerprint density at radius 3 is 2.37 bits per heavy atom. The standard InChI is InChI=1S/C29H32F4N8O2/c1-16(23-24(19-7-8-19)35-15-36-28(23)43-4)37-26-21(13-34)27(42-3)39-41(26)17(2)18-5-9-20(10-6-18)25-38-22(29(31,32)33)14-40(25)12-11-30/h5-6,9-10,13-17,19,34,37H,7-8,11-12H2,1-4H3. The van der Waals surface area contributed by atoms with E-state index in [0.29, 0.717) is 28.7 Å². The minimum Gasteiger partial charge on any atom is -0.481 e. The molecule has 228 valence electrons. The third-order valence-electron chi connectivity index (χ3n) is 7.48. The first-order valence-corrected chi connectivity index (χ1v) is 13.7. The topological polar surface area (TPSA) is 116 Å². The highest BCUT2D eigenvalue weighted by atomic mass is 19.4. The number of aromatic nitrogens is 6. The van der Waals surface area contributed by atoms with Gasteiger partial charge in [0, 0.05) is 23.9 Å². The molecule has 2 N–H and O–H groups in total. The monoisotopic (exact) mass is 600 g/mol. The van der Waals surface area contributed by atoms with Crippen molar-refractivity contribution in [2.24, 2.45) is 0 Å². The van der Waals surface area contributed by atoms with Crippen molar-refractivity contribution in [3.8, 4) is 23.1 Å². The number of alkyl halides is 4. The molecular formula is C29H32F4N8O2. The second-order valence-electron chi connectivity index (χ2n) is 10.3. The summed E-state index contributed by atoms with van der Waals surface area (Å²) in [5, 5.41) is 16.2. The van der Waals surface area contributed by atoms with E-state index in [1.165, 1.54) is 13.4 Å². The first kappa shape index (κ1) is 30.0. The summed E-state index contributed by atoms with van der Waals surface area (Å²) in [4.78, 5) is 12.6. The fourth-order valence-electron chi connectivity index (χ4n) is 5.15. The summed E-state index contributed by atoms with van der Waals surface area (Å²) in [6, 6.07) is 6.09. The lowest BCUT2D eigenvalue weighted by Crippen LogP contribution is -2.18. The average molecular weight is 601 g/mol. The number of nitrogens with zero attached hydrogens (tertiary/aromatic N) is 6. The quantitative estimate of drug-likeness (QED) is 0.147. The van der Waals surface area contributed by atoms with Crippen LogP contribution in [0.15, 0.2) is 36.8 Å². The maximum absolute atomic E-state index is 13.3. The molecule has 10 nitrogen and oxygen atoms in total. The molecule has 1 fully saturated rings. The van der Waals surface area contributed by atoms with Crippen molar-refractivity contribution in [3.05, 3.63) is 64.9 Å². The van der Waals surface area contributed by atoms with E-state index < -0.39 is 18.5 Å². The number of halogens is 4. The number of rotatable bonds is 12. The lowest BCUT2D eigenvalue weighted by Gasteiger charge is -2.23. The molecule has 0 radical (unpaired) electrons. The first-order chi connectivity index (χ1) is 20.6. The Balaban J connectivity index is 1.49. The van der Waals surface area contributed by atoms with Gasteiger partial charge in [-0.1, -0.05) is 24.3 Å². The highest BCUT2D eigenvalue weighted by molar-refractivity contribution is 5.88. The van der Waals surface area contributed by atoms with E-state index in [9.17, 15) is 17.6 Å². The number of aryl methyl sites for hydroxylation is 1. The van der Waals surface area contributed by atoms with E-state index in [2.05, 4.69) is 25.4 Å². The Morgan fingerprint density at radius 1 is 1.09 bits per heavy atom. The van der Waals surface area contributed by atoms with Crippen LogP contribution < -0.4 is 14.8 Å². The van der Waals surface area contributed by atoms with Crippen molar-refractivity contribution in [3.63, 3.8) is 0 Å². The van der Waals surface area contributed by atoms with Crippen LogP contribution in [0.5, 0.6) is 11.8 Å². The first-order valence-electron chi connectivity index (χ1n) is 13.7. The zero-order valence-corrected chi connectivity index (χ0v) is 24.1. The number of anilines is 1. The van der Waals surface area contributed by atoms with Crippen molar-refractivity contribution >= 4 is 12.0 Å². The van der Waals surface area contributed by atoms with Crippen LogP contribution in [0.25, 0.3) is 11.4 Å². The van der Waals surface area contributed by atoms with Gasteiger partial charge >= 0.3 is 6.18 Å². The van der Waals surface area contributed by atoms with Crippen LogP contribution in [-0.2, 0) is 12.7 Å². The Labute approximate surface area is 245 Å². The molecule has 3 heterocycles. The van der Waals surface area contributed by atoms with Crippen molar-refractivity contribution in [1.82, 2.24) is 29.3 Å². The number of ether oxygens (including phenoxy) is 2. The number of hydrogen-bond donors (Lipinski definition) is 2. The summed E-state index contributed by atoms with van der Waals surface area (Å²) >= 11 is 0. The molecule has 14 heteroatoms. The van der Waals surface area contributed by atoms with Gasteiger partial charge in [0.1, 0.15) is 24.6 Å². The van der Waals surface area contributed by atoms with Crippen LogP contribution in [0, 0.1) is 5.41 Å². The minimum atomic E-state index is -4.65. The van der Waals surface area contributed by atoms with Crippen molar-refractivity contribution < 1.29 is 27.0 Å². The molecule has 2 atom stereocenters. The van der Waals surface area contributed by atoms with Crippen molar-refractivity contribution in [2.75, 3.05) is 26.2 Å². The molecule has 1 aromatic carbocycles. The molecule has 0 amide bonds. The Morgan fingerprint density at radius 2 is 1.79 bits per heavy atom. The van der Waals surface area contributed by atoms with Gasteiger partial charge in [0.2, 0.25) is 11.8 Å². The zero-order valence-electron chi connectivity index (χ0n) is 24.1. The van der Waals surface area contributed by atoms with Gasteiger partial charge < -0.3 is 24.8 Å². The van der Waals surface area contributed by atoms with Crippen LogP contribution in [0.1, 0.15) is 72.8 Å². The number of methoxy groups -OCH3 is 2. The molecule has 3 aromatic heterocycles. The Kier molecular flexibility index (Phi) is 8.38. The maximum Gasteiger partial charge on any atom is 0.434 e. The number of imidazole rings is 1. The van der Waals surface area contributed by atoms with Crippen molar-refractivity contribution in [1.29, 1.82) is 5.41 Å². The summed E-state index contributed by atoms with van der Waals surface area (Å²) in [6.45, 7) is 2.78. The lowest BCUT2D eigenvalue weighted by molar-refractivity contribution is -0.140. The van der Waals surface area contributed by atoms with E-state index in [1.54, 1.807) is 36.1 Å². The molecule has 2 unspecified atom stereocenters. The van der Waals surface area contributed by atoms with Gasteiger partial charge in [0.15, 0.2) is 5.69 Å². The van der Waals surface area contributed by atoms with Gasteiger partial charge in [-0.25, -0.2) is 24.0 Å². The predicted octanol–water partition coefficient (Wildman–Crippen LogP) is 6.20. The van der Waals surface area contributed by atoms with Gasteiger partial charge in [0.25, 0.3) is 0 Å². The van der Waals surface area contributed by atoms with Crippen LogP contribution in [0.2, 0.25) is 0 Å². The molecule has 5 rings (SSSR count). The van der Waals surface area contributed by atoms with Gasteiger partial charge in [-0.05, 0) is 32.3 Å². The summed E-state index contributed by atoms with van der Waals surface area (Å²) in [6.07, 6.45) is 0.911. The summed E-state index contributed by atoms with van der Waals surface area (Å²) in [5.74, 6) is 1.60. The fourth-order valence-corrected chi connectivity index (χ4v) is 5.15. The molecule has 1 saturated carbocycles. The average Bonchev–Trinajstić information content (AvgIpc) is 3.66. The summed E-state index contributed by atoms with van der Waals surface area (Å²) < 4.78 is 66.9. The van der Waals surface area contributed by atoms with E-state index >= 15 is 0 Å². The fraction of sp³-hybridized carbons (Fsp3) is 0.414. The van der Waals surface area contributed by atoms with Crippen LogP contribution in [0.3, 0.4) is 0 Å². The number of benzene rings is 1. The van der Waals surface area contributed by atoms with Crippen LogP contribution >= 0.6 is 0 Å². The largest absolute Gasteiger partial charge is 0.481 e. The molecule has 43 heavy (non-hydrogen) atoms. The second kappa shape index (κ2) is 12.0. The van der Waals surface area contributed by atoms with Gasteiger partial charge in [-0.15, -0.1) is 5.10 Å². The molecule has 1 aliphatic carbocycles. The van der Waals surface area contributed by atoms with E-state index in [0.717, 1.165) is 46.6 Å². The number of nitrogens with one attached hydrogen (secondary N) is 2. The highest BCUT2D eigenvalue weighted by Crippen LogP contribution is 2.44. The SMILES string of the molecule is COc1nn(C(C)c2ccc(-c3nc(C(F)(F)F)cn3CCF)cc2)c(NC(C)c2c(OC)ncnc2C2CC2)c1C=N. The predicted molar refractivity (Wildman–Crippen MR) is 152 cm³/mol. The molecule has 0 spiro atoms. The maximum atomic E-state index is 13.3. The minimum absolute atomic E-state index is 0.0257. The molecule has 0 saturated heterocycles. The molecule has 0 bridgehead atoms. The molecule has 1 aliphatic rings. The summed E-state index contributed by atoms with van der Waals surface area (Å²) in [5.41, 5.74) is 2.30. The highest BCUT2D eigenvalue weighted by Gasteiger charge is 2.35. The Bertz CT molecular complexity index is 1600. The zero-order chi connectivity index (χ0) is 30.9. The van der Waals surface area contributed by atoms with Gasteiger partial charge in [-0.3, -0.25) is 0 Å². The van der Waals surface area contributed by atoms with E-state index in [1.807, 2.05) is 13.8 Å². The van der Waals surface area contributed by atoms with Crippen LogP contribution in [-0.4, -0.2) is 56.4 Å². The lowest BCUT2D eigenvalue weighted by atomic mass is 10.0. The Hall–Kier alpha value is -4.49. The van der Waals surface area contributed by atoms with E-state index in [4.69, 9.17) is 14.9 Å².